The molecule has 0 saturated heterocycles. The molecular formula is C6H6BrClN2. The lowest BCUT2D eigenvalue weighted by Crippen LogP contribution is -1.93. The number of hydrogen-bond donors (Lipinski definition) is 1. The topological polar surface area (TPSA) is 38.9 Å². The van der Waals surface area contributed by atoms with Gasteiger partial charge in [-0.25, -0.2) is 4.98 Å². The zero-order valence-corrected chi connectivity index (χ0v) is 7.48. The van der Waals surface area contributed by atoms with Crippen molar-refractivity contribution in [1.82, 2.24) is 4.98 Å². The van der Waals surface area contributed by atoms with Gasteiger partial charge in [-0.05, 0) is 12.1 Å². The van der Waals surface area contributed by atoms with Crippen LogP contribution in [0.15, 0.2) is 12.1 Å². The van der Waals surface area contributed by atoms with Gasteiger partial charge in [-0.15, -0.1) is 0 Å². The number of halogens is 2. The summed E-state index contributed by atoms with van der Waals surface area (Å²) in [6.45, 7) is 0. The van der Waals surface area contributed by atoms with Gasteiger partial charge in [0.2, 0.25) is 0 Å². The fourth-order valence-corrected chi connectivity index (χ4v) is 1.36. The Bertz CT molecular complexity index is 239. The van der Waals surface area contributed by atoms with E-state index in [9.17, 15) is 0 Å². The number of rotatable bonds is 1. The Morgan fingerprint density at radius 2 is 2.30 bits per heavy atom. The Labute approximate surface area is 72.5 Å². The number of alkyl halides is 1. The van der Waals surface area contributed by atoms with Gasteiger partial charge in [-0.1, -0.05) is 27.5 Å². The molecule has 2 nitrogen and oxygen atoms in total. The Balaban J connectivity index is 3.09. The third-order valence-corrected chi connectivity index (χ3v) is 1.94. The molecular weight excluding hydrogens is 215 g/mol. The van der Waals surface area contributed by atoms with Crippen LogP contribution >= 0.6 is 27.5 Å². The molecule has 0 aromatic carbocycles. The highest BCUT2D eigenvalue weighted by molar-refractivity contribution is 9.08. The summed E-state index contributed by atoms with van der Waals surface area (Å²) in [4.78, 5) is 3.99. The highest BCUT2D eigenvalue weighted by Crippen LogP contribution is 2.17. The predicted octanol–water partition coefficient (Wildman–Crippen LogP) is 2.21. The quantitative estimate of drug-likeness (QED) is 0.739. The highest BCUT2D eigenvalue weighted by Gasteiger charge is 1.98. The molecule has 0 fully saturated rings. The van der Waals surface area contributed by atoms with Gasteiger partial charge in [0.15, 0.2) is 0 Å². The lowest BCUT2D eigenvalue weighted by atomic mass is 10.4. The van der Waals surface area contributed by atoms with Gasteiger partial charge < -0.3 is 5.73 Å². The molecule has 1 heterocycles. The number of nitrogen functional groups attached to an aromatic ring is 1. The van der Waals surface area contributed by atoms with Crippen molar-refractivity contribution >= 4 is 33.3 Å². The molecule has 0 aliphatic carbocycles. The summed E-state index contributed by atoms with van der Waals surface area (Å²) >= 11 is 8.99. The van der Waals surface area contributed by atoms with E-state index in [0.29, 0.717) is 16.2 Å². The summed E-state index contributed by atoms with van der Waals surface area (Å²) in [7, 11) is 0. The summed E-state index contributed by atoms with van der Waals surface area (Å²) in [5.41, 5.74) is 6.19. The molecule has 0 unspecified atom stereocenters. The van der Waals surface area contributed by atoms with Crippen molar-refractivity contribution in [2.75, 3.05) is 5.73 Å². The van der Waals surface area contributed by atoms with Crippen LogP contribution in [0, 0.1) is 0 Å². The van der Waals surface area contributed by atoms with Crippen LogP contribution in [0.4, 0.5) is 5.82 Å². The predicted molar refractivity (Wildman–Crippen MR) is 46.3 cm³/mol. The van der Waals surface area contributed by atoms with Crippen molar-refractivity contribution in [3.63, 3.8) is 0 Å². The third kappa shape index (κ3) is 1.61. The van der Waals surface area contributed by atoms with Crippen molar-refractivity contribution in [3.05, 3.63) is 22.8 Å². The molecule has 1 aromatic rings. The fraction of sp³-hybridized carbons (Fsp3) is 0.167. The zero-order chi connectivity index (χ0) is 7.56. The van der Waals surface area contributed by atoms with Crippen molar-refractivity contribution in [1.29, 1.82) is 0 Å². The normalized spacial score (nSPS) is 9.80. The largest absolute Gasteiger partial charge is 0.384 e. The molecule has 0 atom stereocenters. The lowest BCUT2D eigenvalue weighted by molar-refractivity contribution is 1.19. The first-order chi connectivity index (χ1) is 4.74. The van der Waals surface area contributed by atoms with Crippen LogP contribution in [0.2, 0.25) is 5.02 Å². The van der Waals surface area contributed by atoms with Crippen LogP contribution in [0.5, 0.6) is 0 Å². The first-order valence-corrected chi connectivity index (χ1v) is 4.21. The van der Waals surface area contributed by atoms with Gasteiger partial charge in [0, 0.05) is 5.33 Å². The van der Waals surface area contributed by atoms with E-state index in [4.69, 9.17) is 17.3 Å². The van der Waals surface area contributed by atoms with Crippen molar-refractivity contribution in [2.24, 2.45) is 0 Å². The molecule has 0 spiro atoms. The van der Waals surface area contributed by atoms with Gasteiger partial charge in [0.25, 0.3) is 0 Å². The summed E-state index contributed by atoms with van der Waals surface area (Å²) in [5, 5.41) is 1.28. The summed E-state index contributed by atoms with van der Waals surface area (Å²) < 4.78 is 0. The van der Waals surface area contributed by atoms with E-state index in [2.05, 4.69) is 20.9 Å². The summed E-state index contributed by atoms with van der Waals surface area (Å²) in [5.74, 6) is 0.499. The molecule has 4 heteroatoms. The van der Waals surface area contributed by atoms with E-state index in [0.717, 1.165) is 5.69 Å². The minimum absolute atomic E-state index is 0.499. The molecule has 1 aromatic heterocycles. The molecule has 2 N–H and O–H groups in total. The smallest absolute Gasteiger partial charge is 0.123 e. The van der Waals surface area contributed by atoms with Gasteiger partial charge in [0.05, 0.1) is 10.7 Å². The molecule has 0 amide bonds. The van der Waals surface area contributed by atoms with E-state index >= 15 is 0 Å². The van der Waals surface area contributed by atoms with E-state index in [-0.39, 0.29) is 0 Å². The minimum Gasteiger partial charge on any atom is -0.384 e. The minimum atomic E-state index is 0.499. The number of nitrogens with zero attached hydrogens (tertiary/aromatic N) is 1. The van der Waals surface area contributed by atoms with Crippen LogP contribution in [0.3, 0.4) is 0 Å². The lowest BCUT2D eigenvalue weighted by Gasteiger charge is -1.98. The number of hydrogen-bond acceptors (Lipinski definition) is 2. The van der Waals surface area contributed by atoms with Crippen molar-refractivity contribution < 1.29 is 0 Å². The molecule has 10 heavy (non-hydrogen) atoms. The molecule has 0 bridgehead atoms. The van der Waals surface area contributed by atoms with Crippen LogP contribution < -0.4 is 5.73 Å². The van der Waals surface area contributed by atoms with Crippen LogP contribution in [0.25, 0.3) is 0 Å². The maximum absolute atomic E-state index is 5.75. The molecule has 1 rings (SSSR count). The maximum Gasteiger partial charge on any atom is 0.123 e. The van der Waals surface area contributed by atoms with Gasteiger partial charge in [-0.2, -0.15) is 0 Å². The average Bonchev–Trinajstić information content (AvgIpc) is 1.94. The second-order valence-electron chi connectivity index (χ2n) is 1.80. The number of aromatic nitrogens is 1. The summed E-state index contributed by atoms with van der Waals surface area (Å²) in [6, 6.07) is 3.41. The molecule has 0 saturated carbocycles. The Hall–Kier alpha value is -0.280. The summed E-state index contributed by atoms with van der Waals surface area (Å²) in [6.07, 6.45) is 0. The van der Waals surface area contributed by atoms with Crippen LogP contribution in [-0.2, 0) is 5.33 Å². The first kappa shape index (κ1) is 7.82. The Kier molecular flexibility index (Phi) is 2.51. The van der Waals surface area contributed by atoms with Crippen LogP contribution in [0.1, 0.15) is 5.69 Å². The Morgan fingerprint density at radius 1 is 1.60 bits per heavy atom. The standard InChI is InChI=1S/C6H6BrClN2/c7-3-5-4(8)1-2-6(9)10-5/h1-2H,3H2,(H2,9,10). The monoisotopic (exact) mass is 220 g/mol. The van der Waals surface area contributed by atoms with Crippen LogP contribution in [-0.4, -0.2) is 4.98 Å². The van der Waals surface area contributed by atoms with Crippen molar-refractivity contribution in [2.45, 2.75) is 5.33 Å². The van der Waals surface area contributed by atoms with E-state index < -0.39 is 0 Å². The third-order valence-electron chi connectivity index (χ3n) is 1.07. The molecule has 0 aliphatic heterocycles. The van der Waals surface area contributed by atoms with Crippen molar-refractivity contribution in [3.8, 4) is 0 Å². The highest BCUT2D eigenvalue weighted by atomic mass is 79.9. The van der Waals surface area contributed by atoms with Gasteiger partial charge in [-0.3, -0.25) is 0 Å². The number of nitrogens with two attached hydrogens (primary N) is 1. The number of pyridine rings is 1. The average molecular weight is 221 g/mol. The Morgan fingerprint density at radius 3 is 2.80 bits per heavy atom. The van der Waals surface area contributed by atoms with Gasteiger partial charge >= 0.3 is 0 Å². The van der Waals surface area contributed by atoms with E-state index in [1.54, 1.807) is 12.1 Å². The van der Waals surface area contributed by atoms with Gasteiger partial charge in [0.1, 0.15) is 5.82 Å². The molecule has 54 valence electrons. The molecule has 0 radical (unpaired) electrons. The SMILES string of the molecule is Nc1ccc(Cl)c(CBr)n1. The second-order valence-corrected chi connectivity index (χ2v) is 2.77. The first-order valence-electron chi connectivity index (χ1n) is 2.71. The fourth-order valence-electron chi connectivity index (χ4n) is 0.595. The second kappa shape index (κ2) is 3.21. The zero-order valence-electron chi connectivity index (χ0n) is 5.14. The number of anilines is 1. The maximum atomic E-state index is 5.75. The van der Waals surface area contributed by atoms with E-state index in [1.165, 1.54) is 0 Å². The molecule has 0 aliphatic rings. The van der Waals surface area contributed by atoms with E-state index in [1.807, 2.05) is 0 Å².